The molecular weight excluding hydrogens is 531 g/mol. The molecule has 3 aromatic carbocycles. The Balaban J connectivity index is 1.87. The molecule has 13 heteroatoms. The number of amides is 2. The van der Waals surface area contributed by atoms with Crippen molar-refractivity contribution in [1.29, 1.82) is 0 Å². The van der Waals surface area contributed by atoms with Crippen LogP contribution in [0.25, 0.3) is 0 Å². The van der Waals surface area contributed by atoms with Crippen molar-refractivity contribution in [2.75, 3.05) is 10.6 Å². The third kappa shape index (κ3) is 5.46. The van der Waals surface area contributed by atoms with Crippen LogP contribution in [0.4, 0.5) is 50.9 Å². The van der Waals surface area contributed by atoms with Crippen molar-refractivity contribution in [2.45, 2.75) is 31.9 Å². The van der Waals surface area contributed by atoms with E-state index >= 15 is 0 Å². The molecule has 2 amide bonds. The van der Waals surface area contributed by atoms with Crippen molar-refractivity contribution in [3.8, 4) is 0 Å². The Kier molecular flexibility index (Phi) is 7.53. The van der Waals surface area contributed by atoms with Crippen LogP contribution in [0.3, 0.4) is 0 Å². The van der Waals surface area contributed by atoms with Crippen molar-refractivity contribution in [3.63, 3.8) is 0 Å². The molecule has 202 valence electrons. The summed E-state index contributed by atoms with van der Waals surface area (Å²) in [4.78, 5) is 25.1. The lowest BCUT2D eigenvalue weighted by Gasteiger charge is -2.31. The van der Waals surface area contributed by atoms with Crippen LogP contribution in [-0.4, -0.2) is 24.2 Å². The van der Waals surface area contributed by atoms with E-state index in [1.165, 1.54) is 18.2 Å². The van der Waals surface area contributed by atoms with Gasteiger partial charge < -0.3 is 10.6 Å². The number of rotatable bonds is 5. The number of carbonyl (C=O) groups is 2. The van der Waals surface area contributed by atoms with Crippen LogP contribution in [0.15, 0.2) is 54.6 Å². The predicted octanol–water partition coefficient (Wildman–Crippen LogP) is 7.38. The van der Waals surface area contributed by atoms with Crippen LogP contribution in [0, 0.1) is 25.5 Å². The number of nitrogens with one attached hydrogen (secondary N) is 2. The molecule has 0 radical (unpaired) electrons. The zero-order valence-corrected chi connectivity index (χ0v) is 19.4. The van der Waals surface area contributed by atoms with Gasteiger partial charge in [0.15, 0.2) is 0 Å². The highest BCUT2D eigenvalue weighted by atomic mass is 19.4. The van der Waals surface area contributed by atoms with Crippen LogP contribution < -0.4 is 10.6 Å². The topological polar surface area (TPSA) is 58.2 Å². The molecule has 0 fully saturated rings. The standard InChI is InChI=1S/C25H17F9N2O2/c1-12-8-15(23(28,24(29,30)31)25(32,33)34)9-13(2)20(12)36-21(37)14-4-3-5-17(10-14)35-22(38)18-11-16(26)6-7-19(18)27/h3-11H,1-2H3,(H,35,38)(H,36,37). The van der Waals surface area contributed by atoms with E-state index in [-0.39, 0.29) is 28.1 Å². The van der Waals surface area contributed by atoms with Gasteiger partial charge in [0.1, 0.15) is 11.6 Å². The van der Waals surface area contributed by atoms with Crippen molar-refractivity contribution in [2.24, 2.45) is 0 Å². The van der Waals surface area contributed by atoms with Crippen LogP contribution in [0.5, 0.6) is 0 Å². The first-order valence-corrected chi connectivity index (χ1v) is 10.6. The summed E-state index contributed by atoms with van der Waals surface area (Å²) < 4.78 is 120. The molecule has 0 heterocycles. The fourth-order valence-corrected chi connectivity index (χ4v) is 3.64. The molecule has 0 atom stereocenters. The molecule has 0 saturated heterocycles. The summed E-state index contributed by atoms with van der Waals surface area (Å²) in [7, 11) is 0. The summed E-state index contributed by atoms with van der Waals surface area (Å²) in [6.45, 7) is 2.17. The molecule has 3 rings (SSSR count). The first-order valence-electron chi connectivity index (χ1n) is 10.6. The lowest BCUT2D eigenvalue weighted by atomic mass is 9.90. The van der Waals surface area contributed by atoms with Crippen molar-refractivity contribution in [3.05, 3.63) is 94.0 Å². The average molecular weight is 548 g/mol. The summed E-state index contributed by atoms with van der Waals surface area (Å²) in [5.41, 5.74) is -8.78. The Morgan fingerprint density at radius 1 is 0.711 bits per heavy atom. The summed E-state index contributed by atoms with van der Waals surface area (Å²) in [5, 5.41) is 4.61. The maximum absolute atomic E-state index is 14.5. The molecular formula is C25H17F9N2O2. The number of anilines is 2. The molecule has 0 aliphatic carbocycles. The van der Waals surface area contributed by atoms with E-state index in [0.717, 1.165) is 32.0 Å². The number of hydrogen-bond donors (Lipinski definition) is 2. The van der Waals surface area contributed by atoms with E-state index in [2.05, 4.69) is 10.6 Å². The summed E-state index contributed by atoms with van der Waals surface area (Å²) in [5.74, 6) is -3.77. The molecule has 0 spiro atoms. The second-order valence-corrected chi connectivity index (χ2v) is 8.25. The van der Waals surface area contributed by atoms with E-state index in [1.54, 1.807) is 0 Å². The van der Waals surface area contributed by atoms with Crippen molar-refractivity contribution in [1.82, 2.24) is 0 Å². The largest absolute Gasteiger partial charge is 0.435 e. The molecule has 0 aliphatic rings. The van der Waals surface area contributed by atoms with E-state index in [4.69, 9.17) is 0 Å². The molecule has 0 aliphatic heterocycles. The smallest absolute Gasteiger partial charge is 0.322 e. The van der Waals surface area contributed by atoms with E-state index in [9.17, 15) is 49.1 Å². The number of alkyl halides is 7. The van der Waals surface area contributed by atoms with E-state index < -0.39 is 52.6 Å². The number of benzene rings is 3. The zero-order valence-electron chi connectivity index (χ0n) is 19.4. The van der Waals surface area contributed by atoms with Gasteiger partial charge in [0, 0.05) is 22.5 Å². The SMILES string of the molecule is Cc1cc(C(F)(C(F)(F)F)C(F)(F)F)cc(C)c1NC(=O)c1cccc(NC(=O)c2cc(F)ccc2F)c1. The number of aryl methyl sites for hydroxylation is 2. The van der Waals surface area contributed by atoms with Crippen LogP contribution in [-0.2, 0) is 5.67 Å². The monoisotopic (exact) mass is 548 g/mol. The quantitative estimate of drug-likeness (QED) is 0.327. The first-order chi connectivity index (χ1) is 17.5. The third-order valence-electron chi connectivity index (χ3n) is 5.51. The summed E-state index contributed by atoms with van der Waals surface area (Å²) in [6.07, 6.45) is -12.6. The lowest BCUT2D eigenvalue weighted by Crippen LogP contribution is -2.50. The molecule has 38 heavy (non-hydrogen) atoms. The highest BCUT2D eigenvalue weighted by Crippen LogP contribution is 2.53. The molecule has 0 bridgehead atoms. The molecule has 0 saturated carbocycles. The average Bonchev–Trinajstić information content (AvgIpc) is 2.80. The fraction of sp³-hybridized carbons (Fsp3) is 0.200. The van der Waals surface area contributed by atoms with Crippen LogP contribution in [0.1, 0.15) is 37.4 Å². The zero-order chi connectivity index (χ0) is 28.6. The van der Waals surface area contributed by atoms with Crippen LogP contribution >= 0.6 is 0 Å². The second kappa shape index (κ2) is 10.0. The minimum atomic E-state index is -6.30. The van der Waals surface area contributed by atoms with Gasteiger partial charge in [0.2, 0.25) is 0 Å². The first kappa shape index (κ1) is 28.5. The molecule has 3 aromatic rings. The molecule has 0 unspecified atom stereocenters. The highest BCUT2D eigenvalue weighted by molar-refractivity contribution is 6.08. The van der Waals surface area contributed by atoms with Gasteiger partial charge >= 0.3 is 18.0 Å². The summed E-state index contributed by atoms with van der Waals surface area (Å²) in [6, 6.07) is 7.97. The Hall–Kier alpha value is -4.03. The predicted molar refractivity (Wildman–Crippen MR) is 120 cm³/mol. The Labute approximate surface area is 209 Å². The van der Waals surface area contributed by atoms with Gasteiger partial charge in [-0.2, -0.15) is 26.3 Å². The van der Waals surface area contributed by atoms with Crippen molar-refractivity contribution >= 4 is 23.2 Å². The number of carbonyl (C=O) groups excluding carboxylic acids is 2. The third-order valence-corrected chi connectivity index (χ3v) is 5.51. The van der Waals surface area contributed by atoms with Crippen LogP contribution in [0.2, 0.25) is 0 Å². The minimum absolute atomic E-state index is 0.00679. The maximum Gasteiger partial charge on any atom is 0.435 e. The van der Waals surface area contributed by atoms with Gasteiger partial charge in [-0.15, -0.1) is 0 Å². The van der Waals surface area contributed by atoms with E-state index in [0.29, 0.717) is 18.2 Å². The van der Waals surface area contributed by atoms with Gasteiger partial charge in [-0.05, 0) is 61.4 Å². The number of halogens is 9. The lowest BCUT2D eigenvalue weighted by molar-refractivity contribution is -0.348. The number of hydrogen-bond acceptors (Lipinski definition) is 2. The van der Waals surface area contributed by atoms with Gasteiger partial charge in [-0.1, -0.05) is 18.2 Å². The highest BCUT2D eigenvalue weighted by Gasteiger charge is 2.73. The Morgan fingerprint density at radius 3 is 1.84 bits per heavy atom. The van der Waals surface area contributed by atoms with E-state index in [1.807, 2.05) is 0 Å². The molecule has 0 aromatic heterocycles. The maximum atomic E-state index is 14.5. The molecule has 2 N–H and O–H groups in total. The van der Waals surface area contributed by atoms with Gasteiger partial charge in [-0.3, -0.25) is 9.59 Å². The van der Waals surface area contributed by atoms with Gasteiger partial charge in [0.25, 0.3) is 11.8 Å². The Bertz CT molecular complexity index is 1360. The molecule has 4 nitrogen and oxygen atoms in total. The Morgan fingerprint density at radius 2 is 1.29 bits per heavy atom. The van der Waals surface area contributed by atoms with Gasteiger partial charge in [0.05, 0.1) is 5.56 Å². The second-order valence-electron chi connectivity index (χ2n) is 8.25. The normalized spacial score (nSPS) is 12.3. The minimum Gasteiger partial charge on any atom is -0.322 e. The fourth-order valence-electron chi connectivity index (χ4n) is 3.64. The van der Waals surface area contributed by atoms with Gasteiger partial charge in [-0.25, -0.2) is 13.2 Å². The van der Waals surface area contributed by atoms with Crippen molar-refractivity contribution < 1.29 is 49.1 Å². The summed E-state index contributed by atoms with van der Waals surface area (Å²) >= 11 is 0.